The van der Waals surface area contributed by atoms with E-state index in [4.69, 9.17) is 0 Å². The molecule has 2 aromatic carbocycles. The van der Waals surface area contributed by atoms with Gasteiger partial charge in [-0.15, -0.1) is 0 Å². The summed E-state index contributed by atoms with van der Waals surface area (Å²) < 4.78 is 0. The van der Waals surface area contributed by atoms with Crippen molar-refractivity contribution in [3.8, 4) is 0 Å². The molecule has 23 heavy (non-hydrogen) atoms. The van der Waals surface area contributed by atoms with Gasteiger partial charge in [-0.25, -0.2) is 0 Å². The average Bonchev–Trinajstić information content (AvgIpc) is 2.75. The van der Waals surface area contributed by atoms with Crippen molar-refractivity contribution in [3.05, 3.63) is 70.9 Å². The Labute approximate surface area is 135 Å². The van der Waals surface area contributed by atoms with Crippen LogP contribution in [0.25, 0.3) is 5.57 Å². The molecule has 3 rings (SSSR count). The smallest absolute Gasteiger partial charge is 0.277 e. The van der Waals surface area contributed by atoms with Gasteiger partial charge in [0.2, 0.25) is 0 Å². The van der Waals surface area contributed by atoms with E-state index in [1.807, 2.05) is 62.4 Å². The summed E-state index contributed by atoms with van der Waals surface area (Å²) in [5.41, 5.74) is 4.43. The van der Waals surface area contributed by atoms with Gasteiger partial charge in [0.25, 0.3) is 11.8 Å². The molecule has 4 nitrogen and oxygen atoms in total. The number of imide groups is 1. The third-order valence-electron chi connectivity index (χ3n) is 4.03. The predicted molar refractivity (Wildman–Crippen MR) is 90.7 cm³/mol. The summed E-state index contributed by atoms with van der Waals surface area (Å²) in [6, 6.07) is 15.3. The third kappa shape index (κ3) is 2.63. The molecule has 0 saturated heterocycles. The Morgan fingerprint density at radius 3 is 2.17 bits per heavy atom. The Morgan fingerprint density at radius 1 is 0.870 bits per heavy atom. The molecule has 4 heteroatoms. The van der Waals surface area contributed by atoms with Crippen LogP contribution >= 0.6 is 0 Å². The highest BCUT2D eigenvalue weighted by Gasteiger charge is 2.36. The van der Waals surface area contributed by atoms with E-state index in [0.29, 0.717) is 11.3 Å². The van der Waals surface area contributed by atoms with E-state index in [1.54, 1.807) is 0 Å². The van der Waals surface area contributed by atoms with Crippen LogP contribution in [-0.4, -0.2) is 23.8 Å². The number of nitrogens with one attached hydrogen (secondary N) is 1. The summed E-state index contributed by atoms with van der Waals surface area (Å²) in [5, 5.41) is 3.15. The van der Waals surface area contributed by atoms with Gasteiger partial charge in [-0.05, 0) is 31.0 Å². The Hall–Kier alpha value is -2.88. The van der Waals surface area contributed by atoms with E-state index >= 15 is 0 Å². The number of aryl methyl sites for hydroxylation is 2. The van der Waals surface area contributed by atoms with Crippen molar-refractivity contribution in [1.82, 2.24) is 4.90 Å². The van der Waals surface area contributed by atoms with Crippen molar-refractivity contribution < 1.29 is 9.59 Å². The second kappa shape index (κ2) is 5.72. The zero-order valence-corrected chi connectivity index (χ0v) is 13.4. The molecule has 1 aliphatic heterocycles. The first-order valence-corrected chi connectivity index (χ1v) is 7.45. The van der Waals surface area contributed by atoms with Crippen molar-refractivity contribution in [2.24, 2.45) is 0 Å². The Bertz CT molecular complexity index is 820. The Morgan fingerprint density at radius 2 is 1.52 bits per heavy atom. The summed E-state index contributed by atoms with van der Waals surface area (Å²) in [6.07, 6.45) is 0. The van der Waals surface area contributed by atoms with Crippen LogP contribution in [-0.2, 0) is 9.59 Å². The number of benzene rings is 2. The van der Waals surface area contributed by atoms with Gasteiger partial charge in [0, 0.05) is 12.7 Å². The predicted octanol–water partition coefficient (Wildman–Crippen LogP) is 3.13. The number of carbonyl (C=O) groups excluding carboxylic acids is 2. The molecule has 0 atom stereocenters. The first-order valence-electron chi connectivity index (χ1n) is 7.45. The van der Waals surface area contributed by atoms with Crippen molar-refractivity contribution in [2.45, 2.75) is 13.8 Å². The lowest BCUT2D eigenvalue weighted by atomic mass is 10.0. The summed E-state index contributed by atoms with van der Waals surface area (Å²) in [4.78, 5) is 26.1. The standard InChI is InChI=1S/C19H18N2O2/c1-12-8-10-14(11-9-12)16-17(19(23)21(3)18(16)22)20-15-7-5-4-6-13(15)2/h4-11,20H,1-3H3. The number of para-hydroxylation sites is 1. The molecular weight excluding hydrogens is 288 g/mol. The number of hydrogen-bond donors (Lipinski definition) is 1. The van der Waals surface area contributed by atoms with E-state index in [-0.39, 0.29) is 11.8 Å². The number of hydrogen-bond acceptors (Lipinski definition) is 3. The molecule has 0 aliphatic carbocycles. The van der Waals surface area contributed by atoms with Gasteiger partial charge >= 0.3 is 0 Å². The first-order chi connectivity index (χ1) is 11.0. The maximum absolute atomic E-state index is 12.5. The number of carbonyl (C=O) groups is 2. The van der Waals surface area contributed by atoms with Crippen LogP contribution in [0, 0.1) is 13.8 Å². The van der Waals surface area contributed by atoms with Gasteiger partial charge in [0.15, 0.2) is 0 Å². The first kappa shape index (κ1) is 15.0. The lowest BCUT2D eigenvalue weighted by Gasteiger charge is -2.11. The van der Waals surface area contributed by atoms with Gasteiger partial charge in [-0.1, -0.05) is 48.0 Å². The molecule has 1 aliphatic rings. The van der Waals surface area contributed by atoms with Crippen LogP contribution in [0.4, 0.5) is 5.69 Å². The number of likely N-dealkylation sites (N-methyl/N-ethyl adjacent to an activating group) is 1. The van der Waals surface area contributed by atoms with E-state index in [0.717, 1.165) is 27.3 Å². The lowest BCUT2D eigenvalue weighted by Crippen LogP contribution is -2.28. The minimum atomic E-state index is -0.311. The van der Waals surface area contributed by atoms with Crippen LogP contribution in [0.1, 0.15) is 16.7 Å². The quantitative estimate of drug-likeness (QED) is 0.886. The zero-order valence-electron chi connectivity index (χ0n) is 13.4. The summed E-state index contributed by atoms with van der Waals surface area (Å²) >= 11 is 0. The van der Waals surface area contributed by atoms with Crippen LogP contribution in [0.2, 0.25) is 0 Å². The largest absolute Gasteiger partial charge is 0.350 e. The summed E-state index contributed by atoms with van der Waals surface area (Å²) in [6.45, 7) is 3.94. The SMILES string of the molecule is Cc1ccc(C2=C(Nc3ccccc3C)C(=O)N(C)C2=O)cc1. The van der Waals surface area contributed by atoms with Crippen molar-refractivity contribution in [2.75, 3.05) is 12.4 Å². The van der Waals surface area contributed by atoms with Crippen LogP contribution in [0.3, 0.4) is 0 Å². The van der Waals surface area contributed by atoms with Crippen LogP contribution in [0.15, 0.2) is 54.2 Å². The zero-order chi connectivity index (χ0) is 16.6. The summed E-state index contributed by atoms with van der Waals surface area (Å²) in [7, 11) is 1.51. The van der Waals surface area contributed by atoms with E-state index in [2.05, 4.69) is 5.32 Å². The van der Waals surface area contributed by atoms with Gasteiger partial charge < -0.3 is 5.32 Å². The minimum Gasteiger partial charge on any atom is -0.350 e. The lowest BCUT2D eigenvalue weighted by molar-refractivity contribution is -0.135. The molecule has 0 saturated carbocycles. The van der Waals surface area contributed by atoms with Crippen molar-refractivity contribution >= 4 is 23.1 Å². The maximum Gasteiger partial charge on any atom is 0.277 e. The molecule has 116 valence electrons. The molecule has 0 radical (unpaired) electrons. The molecular formula is C19H18N2O2. The molecule has 0 spiro atoms. The van der Waals surface area contributed by atoms with Crippen LogP contribution in [0.5, 0.6) is 0 Å². The fourth-order valence-corrected chi connectivity index (χ4v) is 2.59. The second-order valence-corrected chi connectivity index (χ2v) is 5.73. The Balaban J connectivity index is 2.11. The van der Waals surface area contributed by atoms with Crippen LogP contribution < -0.4 is 5.32 Å². The van der Waals surface area contributed by atoms with Gasteiger partial charge in [0.1, 0.15) is 5.70 Å². The number of nitrogens with zero attached hydrogens (tertiary/aromatic N) is 1. The van der Waals surface area contributed by atoms with E-state index in [1.165, 1.54) is 7.05 Å². The average molecular weight is 306 g/mol. The second-order valence-electron chi connectivity index (χ2n) is 5.73. The van der Waals surface area contributed by atoms with E-state index in [9.17, 15) is 9.59 Å². The third-order valence-corrected chi connectivity index (χ3v) is 4.03. The number of rotatable bonds is 3. The van der Waals surface area contributed by atoms with Crippen molar-refractivity contribution in [1.29, 1.82) is 0 Å². The highest BCUT2D eigenvalue weighted by molar-refractivity contribution is 6.36. The molecule has 0 bridgehead atoms. The molecule has 1 heterocycles. The number of anilines is 1. The topological polar surface area (TPSA) is 49.4 Å². The molecule has 0 aromatic heterocycles. The van der Waals surface area contributed by atoms with Gasteiger partial charge in [-0.3, -0.25) is 14.5 Å². The fourth-order valence-electron chi connectivity index (χ4n) is 2.59. The molecule has 2 amide bonds. The molecule has 1 N–H and O–H groups in total. The highest BCUT2D eigenvalue weighted by atomic mass is 16.2. The van der Waals surface area contributed by atoms with E-state index < -0.39 is 0 Å². The molecule has 0 unspecified atom stereocenters. The normalized spacial score (nSPS) is 14.7. The number of amides is 2. The minimum absolute atomic E-state index is 0.282. The maximum atomic E-state index is 12.5. The molecule has 0 fully saturated rings. The summed E-state index contributed by atoms with van der Waals surface area (Å²) in [5.74, 6) is -0.594. The van der Waals surface area contributed by atoms with Gasteiger partial charge in [-0.2, -0.15) is 0 Å². The Kier molecular flexibility index (Phi) is 3.74. The van der Waals surface area contributed by atoms with Gasteiger partial charge in [0.05, 0.1) is 5.57 Å². The monoisotopic (exact) mass is 306 g/mol. The molecule has 2 aromatic rings. The highest BCUT2D eigenvalue weighted by Crippen LogP contribution is 2.30. The van der Waals surface area contributed by atoms with Crippen molar-refractivity contribution in [3.63, 3.8) is 0 Å². The fraction of sp³-hybridized carbons (Fsp3) is 0.158.